The molecular weight excluding hydrogens is 222 g/mol. The molecule has 0 aliphatic carbocycles. The van der Waals surface area contributed by atoms with Gasteiger partial charge in [0.2, 0.25) is 5.91 Å². The molecule has 1 unspecified atom stereocenters. The van der Waals surface area contributed by atoms with E-state index in [9.17, 15) is 9.59 Å². The Labute approximate surface area is 102 Å². The highest BCUT2D eigenvalue weighted by molar-refractivity contribution is 5.75. The summed E-state index contributed by atoms with van der Waals surface area (Å²) in [6.45, 7) is 1.45. The zero-order valence-electron chi connectivity index (χ0n) is 10.4. The maximum atomic E-state index is 11.7. The van der Waals surface area contributed by atoms with Crippen LogP contribution in [-0.4, -0.2) is 48.2 Å². The predicted octanol–water partition coefficient (Wildman–Crippen LogP) is 1.27. The van der Waals surface area contributed by atoms with Crippen LogP contribution >= 0.6 is 0 Å². The smallest absolute Gasteiger partial charge is 0.303 e. The lowest BCUT2D eigenvalue weighted by atomic mass is 10.1. The summed E-state index contributed by atoms with van der Waals surface area (Å²) in [4.78, 5) is 23.7. The van der Waals surface area contributed by atoms with Crippen molar-refractivity contribution < 1.29 is 19.4 Å². The summed E-state index contributed by atoms with van der Waals surface area (Å²) >= 11 is 0. The van der Waals surface area contributed by atoms with Gasteiger partial charge in [-0.25, -0.2) is 0 Å². The number of likely N-dealkylation sites (N-methyl/N-ethyl adjacent to an activating group) is 1. The number of rotatable bonds is 7. The average molecular weight is 243 g/mol. The lowest BCUT2D eigenvalue weighted by molar-refractivity contribution is -0.137. The van der Waals surface area contributed by atoms with Crippen molar-refractivity contribution in [3.05, 3.63) is 0 Å². The van der Waals surface area contributed by atoms with Gasteiger partial charge in [-0.05, 0) is 25.7 Å². The van der Waals surface area contributed by atoms with E-state index in [4.69, 9.17) is 9.84 Å². The van der Waals surface area contributed by atoms with Crippen molar-refractivity contribution in [3.63, 3.8) is 0 Å². The van der Waals surface area contributed by atoms with Crippen LogP contribution in [0, 0.1) is 0 Å². The number of hydrogen-bond acceptors (Lipinski definition) is 3. The number of unbranched alkanes of at least 4 members (excludes halogenated alkanes) is 1. The monoisotopic (exact) mass is 243 g/mol. The summed E-state index contributed by atoms with van der Waals surface area (Å²) in [5.41, 5.74) is 0. The topological polar surface area (TPSA) is 66.8 Å². The van der Waals surface area contributed by atoms with Crippen molar-refractivity contribution in [2.45, 2.75) is 44.6 Å². The van der Waals surface area contributed by atoms with Gasteiger partial charge in [-0.3, -0.25) is 9.59 Å². The van der Waals surface area contributed by atoms with Gasteiger partial charge in [-0.1, -0.05) is 0 Å². The van der Waals surface area contributed by atoms with Crippen molar-refractivity contribution in [1.82, 2.24) is 4.90 Å². The molecule has 1 N–H and O–H groups in total. The summed E-state index contributed by atoms with van der Waals surface area (Å²) < 4.78 is 5.46. The van der Waals surface area contributed by atoms with E-state index >= 15 is 0 Å². The van der Waals surface area contributed by atoms with Crippen LogP contribution in [0.5, 0.6) is 0 Å². The lowest BCUT2D eigenvalue weighted by Crippen LogP contribution is -2.33. The van der Waals surface area contributed by atoms with Gasteiger partial charge in [0, 0.05) is 33.0 Å². The second-order valence-electron chi connectivity index (χ2n) is 4.51. The fourth-order valence-corrected chi connectivity index (χ4v) is 1.94. The fraction of sp³-hybridized carbons (Fsp3) is 0.833. The molecule has 0 aromatic carbocycles. The molecule has 17 heavy (non-hydrogen) atoms. The van der Waals surface area contributed by atoms with Crippen LogP contribution in [0.25, 0.3) is 0 Å². The third kappa shape index (κ3) is 5.68. The minimum absolute atomic E-state index is 0.0749. The van der Waals surface area contributed by atoms with E-state index in [2.05, 4.69) is 0 Å². The highest BCUT2D eigenvalue weighted by atomic mass is 16.5. The van der Waals surface area contributed by atoms with E-state index < -0.39 is 5.97 Å². The van der Waals surface area contributed by atoms with Crippen LogP contribution < -0.4 is 0 Å². The molecule has 98 valence electrons. The summed E-state index contributed by atoms with van der Waals surface area (Å²) in [7, 11) is 1.78. The van der Waals surface area contributed by atoms with E-state index in [-0.39, 0.29) is 18.4 Å². The molecule has 0 aromatic heterocycles. The van der Waals surface area contributed by atoms with Gasteiger partial charge in [0.15, 0.2) is 0 Å². The third-order valence-electron chi connectivity index (χ3n) is 2.96. The van der Waals surface area contributed by atoms with E-state index in [0.29, 0.717) is 25.8 Å². The number of nitrogens with zero attached hydrogens (tertiary/aromatic N) is 1. The fourth-order valence-electron chi connectivity index (χ4n) is 1.94. The largest absolute Gasteiger partial charge is 0.481 e. The molecular formula is C12H21NO4. The summed E-state index contributed by atoms with van der Waals surface area (Å²) in [6.07, 6.45) is 4.06. The normalized spacial score (nSPS) is 19.2. The molecule has 1 saturated heterocycles. The average Bonchev–Trinajstić information content (AvgIpc) is 2.76. The molecule has 0 radical (unpaired) electrons. The number of amides is 1. The molecule has 5 nitrogen and oxygen atoms in total. The van der Waals surface area contributed by atoms with Crippen molar-refractivity contribution in [2.75, 3.05) is 20.2 Å². The molecule has 0 aromatic rings. The maximum absolute atomic E-state index is 11.7. The number of carbonyl (C=O) groups excluding carboxylic acids is 1. The van der Waals surface area contributed by atoms with Crippen LogP contribution in [0.3, 0.4) is 0 Å². The molecule has 1 atom stereocenters. The third-order valence-corrected chi connectivity index (χ3v) is 2.96. The van der Waals surface area contributed by atoms with Crippen molar-refractivity contribution >= 4 is 11.9 Å². The molecule has 1 aliphatic rings. The number of hydrogen-bond donors (Lipinski definition) is 1. The molecule has 1 fully saturated rings. The number of carboxylic acids is 1. The second-order valence-corrected chi connectivity index (χ2v) is 4.51. The number of carboxylic acid groups (broad SMARTS) is 1. The number of aliphatic carboxylic acids is 1. The van der Waals surface area contributed by atoms with Gasteiger partial charge >= 0.3 is 5.97 Å². The van der Waals surface area contributed by atoms with Crippen molar-refractivity contribution in [3.8, 4) is 0 Å². The Balaban J connectivity index is 2.11. The van der Waals surface area contributed by atoms with E-state index in [1.54, 1.807) is 11.9 Å². The van der Waals surface area contributed by atoms with Gasteiger partial charge < -0.3 is 14.7 Å². The quantitative estimate of drug-likeness (QED) is 0.684. The summed E-state index contributed by atoms with van der Waals surface area (Å²) in [5, 5.41) is 8.47. The van der Waals surface area contributed by atoms with E-state index in [1.165, 1.54) is 0 Å². The van der Waals surface area contributed by atoms with Crippen LogP contribution in [0.4, 0.5) is 0 Å². The van der Waals surface area contributed by atoms with Gasteiger partial charge in [0.25, 0.3) is 0 Å². The standard InChI is InChI=1S/C12H21NO4/c1-13(9-10-5-4-8-17-10)11(14)6-2-3-7-12(15)16/h10H,2-9H2,1H3,(H,15,16). The number of carbonyl (C=O) groups is 2. The van der Waals surface area contributed by atoms with Gasteiger partial charge in [-0.15, -0.1) is 0 Å². The molecule has 0 saturated carbocycles. The van der Waals surface area contributed by atoms with Crippen LogP contribution in [-0.2, 0) is 14.3 Å². The molecule has 0 spiro atoms. The van der Waals surface area contributed by atoms with Crippen LogP contribution in [0.15, 0.2) is 0 Å². The van der Waals surface area contributed by atoms with Gasteiger partial charge in [-0.2, -0.15) is 0 Å². The Kier molecular flexibility index (Phi) is 5.97. The Morgan fingerprint density at radius 2 is 2.06 bits per heavy atom. The van der Waals surface area contributed by atoms with E-state index in [0.717, 1.165) is 19.4 Å². The Morgan fingerprint density at radius 1 is 1.35 bits per heavy atom. The van der Waals surface area contributed by atoms with Crippen LogP contribution in [0.1, 0.15) is 38.5 Å². The van der Waals surface area contributed by atoms with Crippen LogP contribution in [0.2, 0.25) is 0 Å². The first-order chi connectivity index (χ1) is 8.09. The Bertz CT molecular complexity index is 261. The zero-order valence-corrected chi connectivity index (χ0v) is 10.4. The summed E-state index contributed by atoms with van der Waals surface area (Å²) in [6, 6.07) is 0. The van der Waals surface area contributed by atoms with E-state index in [1.807, 2.05) is 0 Å². The molecule has 0 bridgehead atoms. The predicted molar refractivity (Wildman–Crippen MR) is 62.7 cm³/mol. The highest BCUT2D eigenvalue weighted by Gasteiger charge is 2.19. The molecule has 1 aliphatic heterocycles. The lowest BCUT2D eigenvalue weighted by Gasteiger charge is -2.20. The van der Waals surface area contributed by atoms with Crippen molar-refractivity contribution in [1.29, 1.82) is 0 Å². The minimum Gasteiger partial charge on any atom is -0.481 e. The SMILES string of the molecule is CN(CC1CCCO1)C(=O)CCCCC(=O)O. The first-order valence-corrected chi connectivity index (χ1v) is 6.17. The molecule has 1 amide bonds. The summed E-state index contributed by atoms with van der Waals surface area (Å²) in [5.74, 6) is -0.726. The zero-order chi connectivity index (χ0) is 12.7. The molecule has 1 rings (SSSR count). The maximum Gasteiger partial charge on any atom is 0.303 e. The Hall–Kier alpha value is -1.10. The molecule has 1 heterocycles. The van der Waals surface area contributed by atoms with Crippen molar-refractivity contribution in [2.24, 2.45) is 0 Å². The minimum atomic E-state index is -0.801. The molecule has 5 heteroatoms. The van der Waals surface area contributed by atoms with Gasteiger partial charge in [0.1, 0.15) is 0 Å². The van der Waals surface area contributed by atoms with Gasteiger partial charge in [0.05, 0.1) is 6.10 Å². The number of ether oxygens (including phenoxy) is 1. The first-order valence-electron chi connectivity index (χ1n) is 6.17. The highest BCUT2D eigenvalue weighted by Crippen LogP contribution is 2.13. The second kappa shape index (κ2) is 7.27. The first kappa shape index (κ1) is 14.0. The Morgan fingerprint density at radius 3 is 2.65 bits per heavy atom.